The van der Waals surface area contributed by atoms with E-state index in [-0.39, 0.29) is 0 Å². The molecule has 3 aromatic rings. The van der Waals surface area contributed by atoms with Crippen molar-refractivity contribution in [1.29, 1.82) is 0 Å². The van der Waals surface area contributed by atoms with Gasteiger partial charge in [-0.05, 0) is 25.5 Å². The Morgan fingerprint density at radius 3 is 2.91 bits per heavy atom. The molecule has 1 aromatic heterocycles. The van der Waals surface area contributed by atoms with E-state index in [1.807, 2.05) is 12.1 Å². The Kier molecular flexibility index (Phi) is 3.60. The number of hydrogen-bond acceptors (Lipinski definition) is 3. The van der Waals surface area contributed by atoms with Crippen LogP contribution in [0.2, 0.25) is 0 Å². The summed E-state index contributed by atoms with van der Waals surface area (Å²) < 4.78 is 11.5. The van der Waals surface area contributed by atoms with Gasteiger partial charge in [-0.15, -0.1) is 0 Å². The van der Waals surface area contributed by atoms with Gasteiger partial charge in [0.25, 0.3) is 0 Å². The first-order chi connectivity index (χ1) is 10.9. The van der Waals surface area contributed by atoms with E-state index in [0.29, 0.717) is 6.04 Å². The summed E-state index contributed by atoms with van der Waals surface area (Å²) in [6, 6.07) is 15.3. The van der Waals surface area contributed by atoms with Gasteiger partial charge < -0.3 is 9.15 Å². The first-order valence-electron chi connectivity index (χ1n) is 7.99. The molecule has 0 N–H and O–H groups in total. The molecule has 0 spiro atoms. The fraction of sp³-hybridized carbons (Fsp3) is 0.368. The molecule has 0 amide bonds. The highest BCUT2D eigenvalue weighted by atomic mass is 16.5. The van der Waals surface area contributed by atoms with Crippen molar-refractivity contribution in [3.05, 3.63) is 48.0 Å². The second-order valence-electron chi connectivity index (χ2n) is 6.11. The molecule has 0 unspecified atom stereocenters. The van der Waals surface area contributed by atoms with E-state index in [1.54, 1.807) is 7.11 Å². The van der Waals surface area contributed by atoms with Crippen LogP contribution in [0.15, 0.2) is 46.9 Å². The molecule has 0 aliphatic carbocycles. The van der Waals surface area contributed by atoms with Crippen molar-refractivity contribution in [3.63, 3.8) is 0 Å². The number of likely N-dealkylation sites (tertiary alicyclic amines) is 1. The smallest absolute Gasteiger partial charge is 0.139 e. The Labute approximate surface area is 130 Å². The molecule has 114 valence electrons. The summed E-state index contributed by atoms with van der Waals surface area (Å²) in [5.74, 6) is 0. The third-order valence-corrected chi connectivity index (χ3v) is 4.72. The van der Waals surface area contributed by atoms with E-state index in [9.17, 15) is 0 Å². The van der Waals surface area contributed by atoms with Gasteiger partial charge >= 0.3 is 0 Å². The van der Waals surface area contributed by atoms with Crippen molar-refractivity contribution in [2.45, 2.75) is 25.4 Å². The van der Waals surface area contributed by atoms with E-state index in [1.165, 1.54) is 29.2 Å². The lowest BCUT2D eigenvalue weighted by Crippen LogP contribution is -2.32. The molecular weight excluding hydrogens is 274 g/mol. The zero-order valence-electron chi connectivity index (χ0n) is 12.9. The van der Waals surface area contributed by atoms with Crippen molar-refractivity contribution in [2.24, 2.45) is 0 Å². The van der Waals surface area contributed by atoms with E-state index in [0.717, 1.165) is 30.9 Å². The quantitative estimate of drug-likeness (QED) is 0.721. The summed E-state index contributed by atoms with van der Waals surface area (Å²) in [6.07, 6.45) is 2.48. The second kappa shape index (κ2) is 5.75. The van der Waals surface area contributed by atoms with Crippen LogP contribution in [0.5, 0.6) is 0 Å². The van der Waals surface area contributed by atoms with Gasteiger partial charge in [0.05, 0.1) is 6.61 Å². The molecule has 3 nitrogen and oxygen atoms in total. The van der Waals surface area contributed by atoms with Crippen LogP contribution >= 0.6 is 0 Å². The molecule has 1 saturated heterocycles. The maximum absolute atomic E-state index is 6.13. The Bertz CT molecular complexity index is 792. The van der Waals surface area contributed by atoms with Gasteiger partial charge in [0, 0.05) is 36.0 Å². The lowest BCUT2D eigenvalue weighted by Gasteiger charge is -2.23. The molecule has 1 aliphatic heterocycles. The van der Waals surface area contributed by atoms with E-state index in [2.05, 4.69) is 35.2 Å². The van der Waals surface area contributed by atoms with Crippen LogP contribution in [0.4, 0.5) is 0 Å². The van der Waals surface area contributed by atoms with Crippen LogP contribution in [-0.4, -0.2) is 31.2 Å². The average Bonchev–Trinajstić information content (AvgIpc) is 3.13. The van der Waals surface area contributed by atoms with E-state index >= 15 is 0 Å². The standard InChI is InChI=1S/C19H21NO2/c1-21-13-15-7-5-11-20(15)12-14-6-4-9-17-16-8-2-3-10-18(16)22-19(14)17/h2-4,6,8-10,15H,5,7,11-13H2,1H3/t15-/m0/s1. The first kappa shape index (κ1) is 13.8. The van der Waals surface area contributed by atoms with Gasteiger partial charge in [-0.3, -0.25) is 4.90 Å². The van der Waals surface area contributed by atoms with Crippen LogP contribution in [-0.2, 0) is 11.3 Å². The largest absolute Gasteiger partial charge is 0.456 e. The molecule has 3 heteroatoms. The van der Waals surface area contributed by atoms with Gasteiger partial charge in [0.2, 0.25) is 0 Å². The molecule has 2 aromatic carbocycles. The summed E-state index contributed by atoms with van der Waals surface area (Å²) >= 11 is 0. The number of hydrogen-bond donors (Lipinski definition) is 0. The number of fused-ring (bicyclic) bond motifs is 3. The second-order valence-corrected chi connectivity index (χ2v) is 6.11. The first-order valence-corrected chi connectivity index (χ1v) is 7.99. The molecular formula is C19H21NO2. The number of nitrogens with zero attached hydrogens (tertiary/aromatic N) is 1. The third kappa shape index (κ3) is 2.31. The van der Waals surface area contributed by atoms with Crippen LogP contribution in [0, 0.1) is 0 Å². The maximum atomic E-state index is 6.13. The summed E-state index contributed by atoms with van der Waals surface area (Å²) in [5, 5.41) is 2.42. The summed E-state index contributed by atoms with van der Waals surface area (Å²) in [7, 11) is 1.79. The maximum Gasteiger partial charge on any atom is 0.139 e. The number of rotatable bonds is 4. The lowest BCUT2D eigenvalue weighted by atomic mass is 10.1. The van der Waals surface area contributed by atoms with Crippen molar-refractivity contribution in [1.82, 2.24) is 4.90 Å². The molecule has 22 heavy (non-hydrogen) atoms. The molecule has 2 heterocycles. The van der Waals surface area contributed by atoms with Crippen molar-refractivity contribution in [3.8, 4) is 0 Å². The summed E-state index contributed by atoms with van der Waals surface area (Å²) in [5.41, 5.74) is 3.28. The highest BCUT2D eigenvalue weighted by molar-refractivity contribution is 6.05. The van der Waals surface area contributed by atoms with E-state index < -0.39 is 0 Å². The van der Waals surface area contributed by atoms with Gasteiger partial charge in [-0.1, -0.05) is 36.4 Å². The van der Waals surface area contributed by atoms with Crippen molar-refractivity contribution >= 4 is 21.9 Å². The van der Waals surface area contributed by atoms with Gasteiger partial charge in [-0.25, -0.2) is 0 Å². The number of methoxy groups -OCH3 is 1. The molecule has 0 bridgehead atoms. The number of ether oxygens (including phenoxy) is 1. The molecule has 1 atom stereocenters. The number of furan rings is 1. The minimum atomic E-state index is 0.532. The topological polar surface area (TPSA) is 25.6 Å². The molecule has 1 fully saturated rings. The van der Waals surface area contributed by atoms with Crippen LogP contribution in [0.3, 0.4) is 0 Å². The van der Waals surface area contributed by atoms with Crippen LogP contribution in [0.25, 0.3) is 21.9 Å². The molecule has 0 saturated carbocycles. The summed E-state index contributed by atoms with van der Waals surface area (Å²) in [4.78, 5) is 2.52. The molecule has 1 aliphatic rings. The Balaban J connectivity index is 1.72. The Morgan fingerprint density at radius 2 is 2.00 bits per heavy atom. The van der Waals surface area contributed by atoms with Gasteiger partial charge in [-0.2, -0.15) is 0 Å². The van der Waals surface area contributed by atoms with Gasteiger partial charge in [0.15, 0.2) is 0 Å². The predicted octanol–water partition coefficient (Wildman–Crippen LogP) is 4.20. The highest BCUT2D eigenvalue weighted by Crippen LogP contribution is 2.32. The highest BCUT2D eigenvalue weighted by Gasteiger charge is 2.25. The average molecular weight is 295 g/mol. The number of para-hydroxylation sites is 2. The Morgan fingerprint density at radius 1 is 1.14 bits per heavy atom. The normalized spacial score (nSPS) is 19.4. The van der Waals surface area contributed by atoms with Gasteiger partial charge in [0.1, 0.15) is 11.2 Å². The monoisotopic (exact) mass is 295 g/mol. The lowest BCUT2D eigenvalue weighted by molar-refractivity contribution is 0.112. The van der Waals surface area contributed by atoms with Crippen molar-refractivity contribution < 1.29 is 9.15 Å². The van der Waals surface area contributed by atoms with Crippen LogP contribution in [0.1, 0.15) is 18.4 Å². The predicted molar refractivity (Wildman–Crippen MR) is 89.0 cm³/mol. The minimum absolute atomic E-state index is 0.532. The zero-order chi connectivity index (χ0) is 14.9. The molecule has 4 rings (SSSR count). The fourth-order valence-electron chi connectivity index (χ4n) is 3.63. The van der Waals surface area contributed by atoms with Crippen molar-refractivity contribution in [2.75, 3.05) is 20.3 Å². The fourth-order valence-corrected chi connectivity index (χ4v) is 3.63. The molecule has 0 radical (unpaired) electrons. The summed E-state index contributed by atoms with van der Waals surface area (Å²) in [6.45, 7) is 2.89. The third-order valence-electron chi connectivity index (χ3n) is 4.72. The minimum Gasteiger partial charge on any atom is -0.456 e. The number of benzene rings is 2. The SMILES string of the molecule is COC[C@@H]1CCCN1Cc1cccc2c1oc1ccccc12. The Hall–Kier alpha value is -1.84. The van der Waals surface area contributed by atoms with E-state index in [4.69, 9.17) is 9.15 Å². The van der Waals surface area contributed by atoms with Crippen LogP contribution < -0.4 is 0 Å². The zero-order valence-corrected chi connectivity index (χ0v) is 12.9.